The quantitative estimate of drug-likeness (QED) is 0.807. The van der Waals surface area contributed by atoms with E-state index in [4.69, 9.17) is 11.6 Å². The summed E-state index contributed by atoms with van der Waals surface area (Å²) in [6.07, 6.45) is 2.83. The van der Waals surface area contributed by atoms with E-state index in [0.29, 0.717) is 0 Å². The molecule has 0 spiro atoms. The normalized spacial score (nSPS) is 17.5. The Labute approximate surface area is 158 Å². The van der Waals surface area contributed by atoms with Gasteiger partial charge in [-0.05, 0) is 69.3 Å². The van der Waals surface area contributed by atoms with E-state index < -0.39 is 0 Å². The van der Waals surface area contributed by atoms with Crippen molar-refractivity contribution in [2.24, 2.45) is 11.3 Å². The van der Waals surface area contributed by atoms with E-state index in [1.807, 2.05) is 18.2 Å². The van der Waals surface area contributed by atoms with Crippen LogP contribution in [0.4, 0.5) is 0 Å². The number of amides is 1. The van der Waals surface area contributed by atoms with E-state index in [1.54, 1.807) is 0 Å². The predicted molar refractivity (Wildman–Crippen MR) is 106 cm³/mol. The van der Waals surface area contributed by atoms with Gasteiger partial charge in [0.25, 0.3) is 0 Å². The van der Waals surface area contributed by atoms with Crippen molar-refractivity contribution < 1.29 is 4.79 Å². The van der Waals surface area contributed by atoms with Crippen molar-refractivity contribution in [3.8, 4) is 0 Å². The van der Waals surface area contributed by atoms with Gasteiger partial charge in [0.05, 0.1) is 0 Å². The lowest BCUT2D eigenvalue weighted by Crippen LogP contribution is -2.49. The maximum absolute atomic E-state index is 12.7. The number of carbonyl (C=O) groups excluding carboxylic acids is 1. The fourth-order valence-electron chi connectivity index (χ4n) is 4.05. The molecule has 3 nitrogen and oxygen atoms in total. The average Bonchev–Trinajstić information content (AvgIpc) is 2.44. The first kappa shape index (κ1) is 20.3. The number of halogens is 1. The van der Waals surface area contributed by atoms with Gasteiger partial charge in [-0.1, -0.05) is 44.5 Å². The molecule has 1 heterocycles. The van der Waals surface area contributed by atoms with Crippen LogP contribution in [0.2, 0.25) is 5.02 Å². The van der Waals surface area contributed by atoms with E-state index >= 15 is 0 Å². The maximum Gasteiger partial charge on any atom is 0.223 e. The van der Waals surface area contributed by atoms with Gasteiger partial charge in [-0.2, -0.15) is 0 Å². The largest absolute Gasteiger partial charge is 0.351 e. The molecular weight excluding hydrogens is 332 g/mol. The third kappa shape index (κ3) is 6.99. The Morgan fingerprint density at radius 2 is 1.84 bits per heavy atom. The molecule has 1 fully saturated rings. The summed E-state index contributed by atoms with van der Waals surface area (Å²) >= 11 is 6.06. The number of piperidine rings is 1. The Morgan fingerprint density at radius 1 is 1.20 bits per heavy atom. The fraction of sp³-hybridized carbons (Fsp3) is 0.667. The fourth-order valence-corrected chi connectivity index (χ4v) is 4.27. The van der Waals surface area contributed by atoms with Gasteiger partial charge in [-0.15, -0.1) is 0 Å². The van der Waals surface area contributed by atoms with Crippen LogP contribution >= 0.6 is 11.6 Å². The van der Waals surface area contributed by atoms with E-state index in [-0.39, 0.29) is 22.8 Å². The van der Waals surface area contributed by atoms with Gasteiger partial charge in [0.15, 0.2) is 0 Å². The van der Waals surface area contributed by atoms with Gasteiger partial charge in [0, 0.05) is 23.0 Å². The van der Waals surface area contributed by atoms with Crippen molar-refractivity contribution in [3.05, 3.63) is 34.9 Å². The van der Waals surface area contributed by atoms with Crippen molar-refractivity contribution in [1.82, 2.24) is 10.2 Å². The second-order valence-electron chi connectivity index (χ2n) is 9.29. The molecule has 4 heteroatoms. The molecule has 0 bridgehead atoms. The molecule has 0 aromatic heterocycles. The Morgan fingerprint density at radius 3 is 2.40 bits per heavy atom. The van der Waals surface area contributed by atoms with Crippen LogP contribution < -0.4 is 5.32 Å². The molecule has 1 N–H and O–H groups in total. The Kier molecular flexibility index (Phi) is 6.56. The van der Waals surface area contributed by atoms with Crippen LogP contribution in [0, 0.1) is 11.3 Å². The number of benzene rings is 1. The average molecular weight is 365 g/mol. The summed E-state index contributed by atoms with van der Waals surface area (Å²) in [6, 6.07) is 8.03. The minimum Gasteiger partial charge on any atom is -0.351 e. The minimum atomic E-state index is -0.159. The van der Waals surface area contributed by atoms with Crippen LogP contribution in [0.3, 0.4) is 0 Å². The van der Waals surface area contributed by atoms with Crippen molar-refractivity contribution in [1.29, 1.82) is 0 Å². The molecule has 1 aromatic carbocycles. The molecule has 0 radical (unpaired) electrons. The van der Waals surface area contributed by atoms with E-state index in [1.165, 1.54) is 5.56 Å². The van der Waals surface area contributed by atoms with Crippen LogP contribution in [0.1, 0.15) is 59.4 Å². The summed E-state index contributed by atoms with van der Waals surface area (Å²) < 4.78 is 0. The first-order valence-electron chi connectivity index (χ1n) is 9.33. The Hall–Kier alpha value is -1.06. The second-order valence-corrected chi connectivity index (χ2v) is 9.73. The lowest BCUT2D eigenvalue weighted by atomic mass is 9.81. The molecule has 1 aliphatic heterocycles. The smallest absolute Gasteiger partial charge is 0.223 e. The highest BCUT2D eigenvalue weighted by molar-refractivity contribution is 6.30. The van der Waals surface area contributed by atoms with Crippen LogP contribution in [0.5, 0.6) is 0 Å². The topological polar surface area (TPSA) is 32.3 Å². The number of rotatable bonds is 5. The highest BCUT2D eigenvalue weighted by atomic mass is 35.5. The van der Waals surface area contributed by atoms with Gasteiger partial charge < -0.3 is 5.32 Å². The number of hydrogen-bond acceptors (Lipinski definition) is 2. The molecule has 1 aliphatic rings. The number of nitrogens with one attached hydrogen (secondary N) is 1. The lowest BCUT2D eigenvalue weighted by Gasteiger charge is -2.36. The van der Waals surface area contributed by atoms with Crippen molar-refractivity contribution in [2.75, 3.05) is 13.1 Å². The third-order valence-corrected chi connectivity index (χ3v) is 4.92. The summed E-state index contributed by atoms with van der Waals surface area (Å²) in [4.78, 5) is 15.1. The SMILES string of the molecule is CC(C)(C)CC(C)(C)NC(=O)C1CCN(Cc2cccc(Cl)c2)CC1. The molecule has 2 rings (SSSR count). The molecule has 0 unspecified atom stereocenters. The molecule has 1 saturated heterocycles. The minimum absolute atomic E-state index is 0.134. The standard InChI is InChI=1S/C21H33ClN2O/c1-20(2,3)15-21(4,5)23-19(25)17-9-11-24(12-10-17)14-16-7-6-8-18(22)13-16/h6-8,13,17H,9-12,14-15H2,1-5H3,(H,23,25). The van der Waals surface area contributed by atoms with Crippen LogP contribution in [-0.2, 0) is 11.3 Å². The summed E-state index contributed by atoms with van der Waals surface area (Å²) in [5.74, 6) is 0.353. The van der Waals surface area contributed by atoms with Gasteiger partial charge >= 0.3 is 0 Å². The predicted octanol–water partition coefficient (Wildman–Crippen LogP) is 4.88. The zero-order valence-corrected chi connectivity index (χ0v) is 17.1. The molecule has 0 atom stereocenters. The highest BCUT2D eigenvalue weighted by Gasteiger charge is 2.31. The highest BCUT2D eigenvalue weighted by Crippen LogP contribution is 2.28. The molecular formula is C21H33ClN2O. The van der Waals surface area contributed by atoms with E-state index in [0.717, 1.165) is 43.9 Å². The van der Waals surface area contributed by atoms with E-state index in [9.17, 15) is 4.79 Å². The first-order chi connectivity index (χ1) is 11.5. The van der Waals surface area contributed by atoms with Crippen LogP contribution in [0.25, 0.3) is 0 Å². The zero-order valence-electron chi connectivity index (χ0n) is 16.4. The number of nitrogens with zero attached hydrogens (tertiary/aromatic N) is 1. The molecule has 140 valence electrons. The van der Waals surface area contributed by atoms with Crippen molar-refractivity contribution in [3.63, 3.8) is 0 Å². The number of hydrogen-bond donors (Lipinski definition) is 1. The van der Waals surface area contributed by atoms with Gasteiger partial charge in [0.1, 0.15) is 0 Å². The second kappa shape index (κ2) is 8.09. The molecule has 0 aliphatic carbocycles. The summed E-state index contributed by atoms with van der Waals surface area (Å²) in [6.45, 7) is 13.7. The Balaban J connectivity index is 1.82. The maximum atomic E-state index is 12.7. The number of carbonyl (C=O) groups is 1. The molecule has 1 aromatic rings. The van der Waals surface area contributed by atoms with Crippen molar-refractivity contribution >= 4 is 17.5 Å². The van der Waals surface area contributed by atoms with Gasteiger partial charge in [-0.3, -0.25) is 9.69 Å². The van der Waals surface area contributed by atoms with Gasteiger partial charge in [-0.25, -0.2) is 0 Å². The first-order valence-corrected chi connectivity index (χ1v) is 9.71. The number of likely N-dealkylation sites (tertiary alicyclic amines) is 1. The van der Waals surface area contributed by atoms with Crippen molar-refractivity contribution in [2.45, 2.75) is 66.0 Å². The van der Waals surface area contributed by atoms with Gasteiger partial charge in [0.2, 0.25) is 5.91 Å². The monoisotopic (exact) mass is 364 g/mol. The molecule has 1 amide bonds. The third-order valence-electron chi connectivity index (χ3n) is 4.69. The Bertz CT molecular complexity index is 584. The summed E-state index contributed by atoms with van der Waals surface area (Å²) in [7, 11) is 0. The van der Waals surface area contributed by atoms with Crippen LogP contribution in [0.15, 0.2) is 24.3 Å². The molecule has 0 saturated carbocycles. The summed E-state index contributed by atoms with van der Waals surface area (Å²) in [5, 5.41) is 4.06. The molecule has 25 heavy (non-hydrogen) atoms. The van der Waals surface area contributed by atoms with E-state index in [2.05, 4.69) is 50.9 Å². The summed E-state index contributed by atoms with van der Waals surface area (Å²) in [5.41, 5.74) is 1.28. The lowest BCUT2D eigenvalue weighted by molar-refractivity contribution is -0.128. The zero-order chi connectivity index (χ0) is 18.7. The van der Waals surface area contributed by atoms with Crippen LogP contribution in [-0.4, -0.2) is 29.4 Å².